The Labute approximate surface area is 129 Å². The van der Waals surface area contributed by atoms with Crippen molar-refractivity contribution in [1.82, 2.24) is 9.62 Å². The molecular formula is C16H22FN3S. The van der Waals surface area contributed by atoms with Gasteiger partial charge in [-0.25, -0.2) is 4.39 Å². The number of hydrogen-bond acceptors (Lipinski definition) is 4. The molecule has 0 radical (unpaired) electrons. The van der Waals surface area contributed by atoms with Crippen LogP contribution in [0.5, 0.6) is 0 Å². The molecule has 0 saturated carbocycles. The number of rotatable bonds is 3. The molecule has 0 bridgehead atoms. The molecule has 3 rings (SSSR count). The number of nitrogens with two attached hydrogens (primary N) is 1. The summed E-state index contributed by atoms with van der Waals surface area (Å²) in [6, 6.07) is 5.31. The summed E-state index contributed by atoms with van der Waals surface area (Å²) in [5.41, 5.74) is 8.67. The largest absolute Gasteiger partial charge is 0.403 e. The van der Waals surface area contributed by atoms with Crippen molar-refractivity contribution in [2.45, 2.75) is 25.8 Å². The first-order valence-corrected chi connectivity index (χ1v) is 8.53. The topological polar surface area (TPSA) is 41.3 Å². The van der Waals surface area contributed by atoms with Gasteiger partial charge in [-0.15, -0.1) is 0 Å². The first-order chi connectivity index (χ1) is 10.2. The third kappa shape index (κ3) is 2.90. The molecule has 0 spiro atoms. The maximum atomic E-state index is 13.5. The summed E-state index contributed by atoms with van der Waals surface area (Å²) in [5.74, 6) is 1.51. The van der Waals surface area contributed by atoms with E-state index in [0.29, 0.717) is 5.92 Å². The van der Waals surface area contributed by atoms with E-state index in [9.17, 15) is 4.39 Å². The maximum Gasteiger partial charge on any atom is 0.123 e. The zero-order chi connectivity index (χ0) is 14.8. The van der Waals surface area contributed by atoms with Crippen LogP contribution in [0.15, 0.2) is 24.4 Å². The van der Waals surface area contributed by atoms with E-state index in [0.717, 1.165) is 30.1 Å². The second-order valence-corrected chi connectivity index (χ2v) is 6.97. The van der Waals surface area contributed by atoms with Crippen LogP contribution in [0, 0.1) is 11.7 Å². The van der Waals surface area contributed by atoms with Crippen molar-refractivity contribution >= 4 is 17.6 Å². The standard InChI is InChI=1S/C16H22FN3S/c1-2-21-20-7-5-11(6-8-20)16-13-4-3-12(17)9-14(13)15(10-18)19-16/h3-4,9-11,16,19H,2,5-8,18H2,1H3/b15-10-. The predicted octanol–water partition coefficient (Wildman–Crippen LogP) is 3.11. The molecule has 114 valence electrons. The fourth-order valence-corrected chi connectivity index (χ4v) is 4.22. The highest BCUT2D eigenvalue weighted by Gasteiger charge is 2.34. The molecule has 5 heteroatoms. The fourth-order valence-electron chi connectivity index (χ4n) is 3.39. The van der Waals surface area contributed by atoms with Crippen LogP contribution >= 0.6 is 11.9 Å². The molecule has 1 aromatic rings. The quantitative estimate of drug-likeness (QED) is 0.842. The number of piperidine rings is 1. The Bertz CT molecular complexity index is 538. The summed E-state index contributed by atoms with van der Waals surface area (Å²) in [6.45, 7) is 4.44. The molecule has 1 unspecified atom stereocenters. The third-order valence-electron chi connectivity index (χ3n) is 4.40. The van der Waals surface area contributed by atoms with Crippen molar-refractivity contribution < 1.29 is 4.39 Å². The van der Waals surface area contributed by atoms with E-state index < -0.39 is 0 Å². The zero-order valence-electron chi connectivity index (χ0n) is 12.3. The third-order valence-corrected chi connectivity index (χ3v) is 5.39. The number of benzene rings is 1. The van der Waals surface area contributed by atoms with Gasteiger partial charge in [0.2, 0.25) is 0 Å². The predicted molar refractivity (Wildman–Crippen MR) is 86.9 cm³/mol. The SMILES string of the molecule is CCSN1CCC(C2N/C(=C\N)c3cc(F)ccc32)CC1. The van der Waals surface area contributed by atoms with Crippen LogP contribution in [-0.4, -0.2) is 23.1 Å². The number of nitrogens with zero attached hydrogens (tertiary/aromatic N) is 1. The molecule has 3 N–H and O–H groups in total. The van der Waals surface area contributed by atoms with Crippen LogP contribution in [-0.2, 0) is 0 Å². The lowest BCUT2D eigenvalue weighted by Crippen LogP contribution is -2.34. The Morgan fingerprint density at radius 1 is 1.43 bits per heavy atom. The summed E-state index contributed by atoms with van der Waals surface area (Å²) in [6.07, 6.45) is 3.89. The molecule has 2 aliphatic heterocycles. The number of hydrogen-bond donors (Lipinski definition) is 2. The highest BCUT2D eigenvalue weighted by Crippen LogP contribution is 2.41. The summed E-state index contributed by atoms with van der Waals surface area (Å²) < 4.78 is 15.9. The highest BCUT2D eigenvalue weighted by molar-refractivity contribution is 7.96. The average molecular weight is 307 g/mol. The van der Waals surface area contributed by atoms with Crippen LogP contribution in [0.1, 0.15) is 36.9 Å². The molecule has 0 aromatic heterocycles. The van der Waals surface area contributed by atoms with Gasteiger partial charge in [-0.2, -0.15) is 0 Å². The summed E-state index contributed by atoms with van der Waals surface area (Å²) in [4.78, 5) is 0. The van der Waals surface area contributed by atoms with E-state index in [1.807, 2.05) is 18.0 Å². The zero-order valence-corrected chi connectivity index (χ0v) is 13.1. The van der Waals surface area contributed by atoms with Crippen molar-refractivity contribution in [3.05, 3.63) is 41.3 Å². The highest BCUT2D eigenvalue weighted by atomic mass is 32.2. The molecule has 2 heterocycles. The average Bonchev–Trinajstić information content (AvgIpc) is 2.86. The molecule has 1 aromatic carbocycles. The maximum absolute atomic E-state index is 13.5. The minimum atomic E-state index is -0.204. The molecule has 1 fully saturated rings. The minimum absolute atomic E-state index is 0.204. The molecule has 1 saturated heterocycles. The summed E-state index contributed by atoms with van der Waals surface area (Å²) in [7, 11) is 0. The van der Waals surface area contributed by atoms with E-state index in [2.05, 4.69) is 16.5 Å². The molecule has 3 nitrogen and oxygen atoms in total. The molecule has 0 amide bonds. The van der Waals surface area contributed by atoms with Gasteiger partial charge < -0.3 is 11.1 Å². The van der Waals surface area contributed by atoms with Gasteiger partial charge in [0.25, 0.3) is 0 Å². The van der Waals surface area contributed by atoms with Crippen molar-refractivity contribution in [2.75, 3.05) is 18.8 Å². The lowest BCUT2D eigenvalue weighted by atomic mass is 9.86. The Morgan fingerprint density at radius 2 is 2.19 bits per heavy atom. The fraction of sp³-hybridized carbons (Fsp3) is 0.500. The van der Waals surface area contributed by atoms with Gasteiger partial charge in [0.1, 0.15) is 5.82 Å². The molecule has 1 atom stereocenters. The van der Waals surface area contributed by atoms with Gasteiger partial charge in [0, 0.05) is 30.6 Å². The van der Waals surface area contributed by atoms with E-state index in [1.165, 1.54) is 18.4 Å². The molecule has 2 aliphatic rings. The first-order valence-electron chi connectivity index (χ1n) is 7.59. The minimum Gasteiger partial charge on any atom is -0.403 e. The second-order valence-electron chi connectivity index (χ2n) is 5.62. The Morgan fingerprint density at radius 3 is 2.86 bits per heavy atom. The molecule has 21 heavy (non-hydrogen) atoms. The second kappa shape index (κ2) is 6.28. The van der Waals surface area contributed by atoms with E-state index in [4.69, 9.17) is 5.73 Å². The van der Waals surface area contributed by atoms with Crippen LogP contribution < -0.4 is 11.1 Å². The van der Waals surface area contributed by atoms with Crippen molar-refractivity contribution in [3.63, 3.8) is 0 Å². The number of halogens is 1. The van der Waals surface area contributed by atoms with Crippen LogP contribution in [0.2, 0.25) is 0 Å². The van der Waals surface area contributed by atoms with Gasteiger partial charge in [-0.05, 0) is 36.5 Å². The van der Waals surface area contributed by atoms with Gasteiger partial charge in [0.05, 0.1) is 11.7 Å². The van der Waals surface area contributed by atoms with Gasteiger partial charge >= 0.3 is 0 Å². The van der Waals surface area contributed by atoms with Gasteiger partial charge in [0.15, 0.2) is 0 Å². The van der Waals surface area contributed by atoms with Crippen molar-refractivity contribution in [2.24, 2.45) is 11.7 Å². The number of fused-ring (bicyclic) bond motifs is 1. The van der Waals surface area contributed by atoms with Gasteiger partial charge in [-0.3, -0.25) is 4.31 Å². The van der Waals surface area contributed by atoms with Crippen molar-refractivity contribution in [3.8, 4) is 0 Å². The normalized spacial score (nSPS) is 25.0. The Kier molecular flexibility index (Phi) is 4.40. The summed E-state index contributed by atoms with van der Waals surface area (Å²) >= 11 is 1.92. The Balaban J connectivity index is 1.77. The van der Waals surface area contributed by atoms with E-state index in [1.54, 1.807) is 18.3 Å². The van der Waals surface area contributed by atoms with Gasteiger partial charge in [-0.1, -0.05) is 24.9 Å². The monoisotopic (exact) mass is 307 g/mol. The van der Waals surface area contributed by atoms with E-state index in [-0.39, 0.29) is 11.9 Å². The first kappa shape index (κ1) is 14.7. The molecule has 0 aliphatic carbocycles. The summed E-state index contributed by atoms with van der Waals surface area (Å²) in [5, 5.41) is 3.49. The lowest BCUT2D eigenvalue weighted by molar-refractivity contribution is 0.250. The lowest BCUT2D eigenvalue weighted by Gasteiger charge is -2.34. The van der Waals surface area contributed by atoms with Crippen LogP contribution in [0.3, 0.4) is 0 Å². The van der Waals surface area contributed by atoms with E-state index >= 15 is 0 Å². The molecular weight excluding hydrogens is 285 g/mol. The number of nitrogens with one attached hydrogen (secondary N) is 1. The van der Waals surface area contributed by atoms with Crippen molar-refractivity contribution in [1.29, 1.82) is 0 Å². The Hall–Kier alpha value is -1.20. The van der Waals surface area contributed by atoms with Crippen LogP contribution in [0.25, 0.3) is 5.70 Å². The smallest absolute Gasteiger partial charge is 0.123 e. The van der Waals surface area contributed by atoms with Crippen LogP contribution in [0.4, 0.5) is 4.39 Å².